The molecule has 5 heterocycles. The Morgan fingerprint density at radius 3 is 2.55 bits per heavy atom. The summed E-state index contributed by atoms with van der Waals surface area (Å²) >= 11 is 0. The smallest absolute Gasteiger partial charge is 0.227 e. The summed E-state index contributed by atoms with van der Waals surface area (Å²) in [4.78, 5) is 29.3. The molecule has 1 aromatic carbocycles. The van der Waals surface area contributed by atoms with Crippen molar-refractivity contribution in [2.24, 2.45) is 5.92 Å². The van der Waals surface area contributed by atoms with E-state index >= 15 is 0 Å². The number of pyridine rings is 3. The van der Waals surface area contributed by atoms with Crippen LogP contribution < -0.4 is 5.32 Å². The number of anilines is 1. The molecule has 5 aromatic heterocycles. The van der Waals surface area contributed by atoms with E-state index in [-0.39, 0.29) is 17.6 Å². The zero-order valence-electron chi connectivity index (χ0n) is 20.2. The topological polar surface area (TPSA) is 112 Å². The molecule has 1 aliphatic rings. The number of aromatic amines is 2. The molecule has 9 heteroatoms. The van der Waals surface area contributed by atoms with Crippen LogP contribution in [-0.2, 0) is 4.79 Å². The Balaban J connectivity index is 1.26. The second-order valence-electron chi connectivity index (χ2n) is 9.58. The zero-order valence-corrected chi connectivity index (χ0v) is 20.2. The van der Waals surface area contributed by atoms with Crippen LogP contribution in [0.25, 0.3) is 55.7 Å². The van der Waals surface area contributed by atoms with Gasteiger partial charge in [-0.3, -0.25) is 19.9 Å². The fourth-order valence-corrected chi connectivity index (χ4v) is 4.87. The lowest BCUT2D eigenvalue weighted by Gasteiger charge is -2.24. The molecule has 3 N–H and O–H groups in total. The molecule has 0 atom stereocenters. The van der Waals surface area contributed by atoms with Crippen molar-refractivity contribution >= 4 is 33.5 Å². The Kier molecular flexibility index (Phi) is 5.21. The Morgan fingerprint density at radius 2 is 1.74 bits per heavy atom. The monoisotopic (exact) mass is 503 g/mol. The summed E-state index contributed by atoms with van der Waals surface area (Å²) < 4.78 is 13.5. The second kappa shape index (κ2) is 8.88. The zero-order chi connectivity index (χ0) is 25.6. The van der Waals surface area contributed by atoms with E-state index in [1.807, 2.05) is 24.3 Å². The Labute approximate surface area is 216 Å². The lowest BCUT2D eigenvalue weighted by Crippen LogP contribution is -2.28. The number of carbonyl (C=O) groups excluding carboxylic acids is 1. The summed E-state index contributed by atoms with van der Waals surface area (Å²) in [6.07, 6.45) is 9.90. The van der Waals surface area contributed by atoms with E-state index in [1.54, 1.807) is 36.9 Å². The number of hydrogen-bond acceptors (Lipinski definition) is 5. The number of rotatable bonds is 5. The third-order valence-electron chi connectivity index (χ3n) is 7.15. The molecular formula is C29H22FN7O. The van der Waals surface area contributed by atoms with Crippen LogP contribution >= 0.6 is 0 Å². The van der Waals surface area contributed by atoms with Crippen molar-refractivity contribution in [3.05, 3.63) is 79.1 Å². The molecule has 1 fully saturated rings. The molecular weight excluding hydrogens is 481 g/mol. The van der Waals surface area contributed by atoms with Crippen molar-refractivity contribution in [2.75, 3.05) is 5.32 Å². The van der Waals surface area contributed by atoms with Gasteiger partial charge < -0.3 is 10.3 Å². The van der Waals surface area contributed by atoms with Gasteiger partial charge in [0.15, 0.2) is 5.65 Å². The van der Waals surface area contributed by atoms with E-state index in [9.17, 15) is 9.18 Å². The van der Waals surface area contributed by atoms with Gasteiger partial charge in [-0.25, -0.2) is 9.37 Å². The van der Waals surface area contributed by atoms with Gasteiger partial charge in [0.05, 0.1) is 23.3 Å². The molecule has 0 bridgehead atoms. The van der Waals surface area contributed by atoms with Crippen LogP contribution in [0.15, 0.2) is 73.3 Å². The molecule has 186 valence electrons. The van der Waals surface area contributed by atoms with Gasteiger partial charge in [0.2, 0.25) is 5.91 Å². The summed E-state index contributed by atoms with van der Waals surface area (Å²) in [6.45, 7) is 0. The number of amides is 1. The first kappa shape index (κ1) is 22.3. The molecule has 1 amide bonds. The third-order valence-corrected chi connectivity index (χ3v) is 7.15. The number of benzene rings is 1. The number of nitrogens with zero attached hydrogens (tertiary/aromatic N) is 4. The molecule has 38 heavy (non-hydrogen) atoms. The molecule has 0 spiro atoms. The molecule has 1 aliphatic carbocycles. The van der Waals surface area contributed by atoms with Crippen LogP contribution in [-0.4, -0.2) is 36.0 Å². The number of aromatic nitrogens is 6. The number of nitrogens with one attached hydrogen (secondary N) is 3. The van der Waals surface area contributed by atoms with E-state index < -0.39 is 0 Å². The maximum atomic E-state index is 13.5. The standard InChI is InChI=1S/C29H22FN7O/c30-20-6-4-16(5-7-20)26-22-12-25(35-24(22)8-9-32-26)27-23-11-19(14-33-28(23)37-36-27)18-10-21(15-31-13-18)34-29(38)17-2-1-3-17/h4-15,17,35H,1-3H2,(H,34,38)(H,33,36,37). The van der Waals surface area contributed by atoms with E-state index in [1.165, 1.54) is 12.1 Å². The van der Waals surface area contributed by atoms with Gasteiger partial charge in [-0.05, 0) is 61.4 Å². The number of H-pyrrole nitrogens is 2. The molecule has 7 rings (SSSR count). The van der Waals surface area contributed by atoms with Crippen LogP contribution in [0, 0.1) is 11.7 Å². The predicted octanol–water partition coefficient (Wildman–Crippen LogP) is 6.11. The van der Waals surface area contributed by atoms with Gasteiger partial charge in [-0.2, -0.15) is 5.10 Å². The van der Waals surface area contributed by atoms with Crippen molar-refractivity contribution in [1.82, 2.24) is 30.1 Å². The first-order chi connectivity index (χ1) is 18.6. The van der Waals surface area contributed by atoms with Crippen LogP contribution in [0.2, 0.25) is 0 Å². The Bertz CT molecular complexity index is 1820. The van der Waals surface area contributed by atoms with E-state index in [0.29, 0.717) is 11.3 Å². The minimum Gasteiger partial charge on any atom is -0.353 e. The maximum Gasteiger partial charge on any atom is 0.227 e. The highest BCUT2D eigenvalue weighted by atomic mass is 19.1. The number of carbonyl (C=O) groups is 1. The first-order valence-electron chi connectivity index (χ1n) is 12.5. The van der Waals surface area contributed by atoms with Gasteiger partial charge in [0.25, 0.3) is 0 Å². The number of hydrogen-bond donors (Lipinski definition) is 3. The summed E-state index contributed by atoms with van der Waals surface area (Å²) in [5.41, 5.74) is 7.04. The van der Waals surface area contributed by atoms with Gasteiger partial charge >= 0.3 is 0 Å². The van der Waals surface area contributed by atoms with E-state index in [4.69, 9.17) is 0 Å². The normalized spacial score (nSPS) is 13.6. The largest absolute Gasteiger partial charge is 0.353 e. The van der Waals surface area contributed by atoms with Crippen LogP contribution in [0.1, 0.15) is 19.3 Å². The first-order valence-corrected chi connectivity index (χ1v) is 12.5. The van der Waals surface area contributed by atoms with Crippen LogP contribution in [0.3, 0.4) is 0 Å². The minimum absolute atomic E-state index is 0.0502. The van der Waals surface area contributed by atoms with Gasteiger partial charge in [0.1, 0.15) is 11.5 Å². The average Bonchev–Trinajstić information content (AvgIpc) is 3.52. The fraction of sp³-hybridized carbons (Fsp3) is 0.138. The van der Waals surface area contributed by atoms with Crippen LogP contribution in [0.4, 0.5) is 10.1 Å². The Morgan fingerprint density at radius 1 is 0.895 bits per heavy atom. The molecule has 0 radical (unpaired) electrons. The lowest BCUT2D eigenvalue weighted by atomic mass is 9.85. The van der Waals surface area contributed by atoms with Crippen molar-refractivity contribution in [1.29, 1.82) is 0 Å². The number of halogens is 1. The van der Waals surface area contributed by atoms with Crippen LogP contribution in [0.5, 0.6) is 0 Å². The molecule has 0 unspecified atom stereocenters. The fourth-order valence-electron chi connectivity index (χ4n) is 4.87. The van der Waals surface area contributed by atoms with Crippen molar-refractivity contribution in [2.45, 2.75) is 19.3 Å². The predicted molar refractivity (Wildman–Crippen MR) is 144 cm³/mol. The van der Waals surface area contributed by atoms with E-state index in [0.717, 1.165) is 69.3 Å². The molecule has 0 saturated heterocycles. The second-order valence-corrected chi connectivity index (χ2v) is 9.58. The van der Waals surface area contributed by atoms with Gasteiger partial charge in [0, 0.05) is 57.5 Å². The summed E-state index contributed by atoms with van der Waals surface area (Å²) in [5.74, 6) is -0.141. The SMILES string of the molecule is O=C(Nc1cncc(-c2cnc3[nH]nc(-c4cc5c(-c6ccc(F)cc6)nccc5[nH]4)c3c2)c1)C1CCC1. The van der Waals surface area contributed by atoms with Gasteiger partial charge in [-0.1, -0.05) is 6.42 Å². The molecule has 0 aliphatic heterocycles. The average molecular weight is 504 g/mol. The van der Waals surface area contributed by atoms with Crippen molar-refractivity contribution in [3.8, 4) is 33.8 Å². The summed E-state index contributed by atoms with van der Waals surface area (Å²) in [6, 6.07) is 14.1. The summed E-state index contributed by atoms with van der Waals surface area (Å²) in [7, 11) is 0. The highest BCUT2D eigenvalue weighted by Crippen LogP contribution is 2.34. The molecule has 1 saturated carbocycles. The van der Waals surface area contributed by atoms with Crippen molar-refractivity contribution in [3.63, 3.8) is 0 Å². The maximum absolute atomic E-state index is 13.5. The highest BCUT2D eigenvalue weighted by Gasteiger charge is 2.25. The highest BCUT2D eigenvalue weighted by molar-refractivity contribution is 6.00. The third kappa shape index (κ3) is 3.88. The minimum atomic E-state index is -0.288. The Hall–Kier alpha value is -4.92. The molecule has 8 nitrogen and oxygen atoms in total. The quantitative estimate of drug-likeness (QED) is 0.263. The van der Waals surface area contributed by atoms with E-state index in [2.05, 4.69) is 35.5 Å². The number of fused-ring (bicyclic) bond motifs is 2. The summed E-state index contributed by atoms with van der Waals surface area (Å²) in [5, 5.41) is 12.3. The molecule has 6 aromatic rings. The lowest BCUT2D eigenvalue weighted by molar-refractivity contribution is -0.122. The van der Waals surface area contributed by atoms with Gasteiger partial charge in [-0.15, -0.1) is 0 Å². The van der Waals surface area contributed by atoms with Crippen molar-refractivity contribution < 1.29 is 9.18 Å².